The van der Waals surface area contributed by atoms with Crippen molar-refractivity contribution < 1.29 is 4.74 Å². The van der Waals surface area contributed by atoms with Crippen LogP contribution in [0.3, 0.4) is 0 Å². The van der Waals surface area contributed by atoms with E-state index >= 15 is 0 Å². The number of hydrogen-bond donors (Lipinski definition) is 1. The Morgan fingerprint density at radius 3 is 3.31 bits per heavy atom. The number of anilines is 1. The number of benzene rings is 1. The second-order valence-electron chi connectivity index (χ2n) is 2.94. The van der Waals surface area contributed by atoms with E-state index in [1.807, 2.05) is 18.2 Å². The molecule has 1 aromatic rings. The Kier molecular flexibility index (Phi) is 2.05. The average molecular weight is 174 g/mol. The van der Waals surface area contributed by atoms with Crippen LogP contribution in [0.1, 0.15) is 5.56 Å². The number of hydrogen-bond acceptors (Lipinski definition) is 3. The molecule has 3 nitrogen and oxygen atoms in total. The lowest BCUT2D eigenvalue weighted by molar-refractivity contribution is 0.323. The van der Waals surface area contributed by atoms with Gasteiger partial charge in [-0.25, -0.2) is 0 Å². The summed E-state index contributed by atoms with van der Waals surface area (Å²) >= 11 is 0. The third-order valence-electron chi connectivity index (χ3n) is 2.00. The summed E-state index contributed by atoms with van der Waals surface area (Å²) in [6.45, 7) is 1.55. The third kappa shape index (κ3) is 1.57. The minimum atomic E-state index is 0.441. The summed E-state index contributed by atoms with van der Waals surface area (Å²) in [5.41, 5.74) is 2.03. The molecule has 0 radical (unpaired) electrons. The van der Waals surface area contributed by atoms with Crippen LogP contribution in [0.15, 0.2) is 18.2 Å². The largest absolute Gasteiger partial charge is 0.490 e. The van der Waals surface area contributed by atoms with Crippen LogP contribution in [0, 0.1) is 11.3 Å². The lowest BCUT2D eigenvalue weighted by Gasteiger charge is -2.19. The molecule has 0 fully saturated rings. The quantitative estimate of drug-likeness (QED) is 0.702. The van der Waals surface area contributed by atoms with E-state index in [2.05, 4.69) is 11.4 Å². The van der Waals surface area contributed by atoms with Gasteiger partial charge in [0.25, 0.3) is 0 Å². The van der Waals surface area contributed by atoms with Gasteiger partial charge < -0.3 is 10.1 Å². The zero-order valence-corrected chi connectivity index (χ0v) is 7.21. The summed E-state index contributed by atoms with van der Waals surface area (Å²) in [6, 6.07) is 7.94. The standard InChI is InChI=1S/C10H10N2O/c11-4-3-8-1-2-9-10(7-8)13-6-5-12-9/h1-2,7,12H,3,5-6H2. The van der Waals surface area contributed by atoms with Crippen molar-refractivity contribution in [1.82, 2.24) is 0 Å². The highest BCUT2D eigenvalue weighted by Gasteiger charge is 2.08. The van der Waals surface area contributed by atoms with Gasteiger partial charge in [-0.15, -0.1) is 0 Å². The molecular weight excluding hydrogens is 164 g/mol. The molecule has 1 aromatic carbocycles. The van der Waals surface area contributed by atoms with E-state index in [4.69, 9.17) is 10.00 Å². The number of nitrogens with zero attached hydrogens (tertiary/aromatic N) is 1. The second kappa shape index (κ2) is 3.36. The summed E-state index contributed by atoms with van der Waals surface area (Å²) in [4.78, 5) is 0. The van der Waals surface area contributed by atoms with Crippen molar-refractivity contribution in [3.8, 4) is 11.8 Å². The van der Waals surface area contributed by atoms with Crippen LogP contribution in [0.2, 0.25) is 0 Å². The molecule has 1 N–H and O–H groups in total. The molecule has 0 bridgehead atoms. The van der Waals surface area contributed by atoms with Crippen LogP contribution in [-0.2, 0) is 6.42 Å². The van der Waals surface area contributed by atoms with Crippen LogP contribution >= 0.6 is 0 Å². The van der Waals surface area contributed by atoms with Crippen molar-refractivity contribution in [1.29, 1.82) is 5.26 Å². The average Bonchev–Trinajstić information content (AvgIpc) is 2.18. The molecule has 0 unspecified atom stereocenters. The van der Waals surface area contributed by atoms with Crippen LogP contribution in [0.4, 0.5) is 5.69 Å². The van der Waals surface area contributed by atoms with Crippen molar-refractivity contribution >= 4 is 5.69 Å². The maximum Gasteiger partial charge on any atom is 0.142 e. The lowest BCUT2D eigenvalue weighted by Crippen LogP contribution is -2.17. The Hall–Kier alpha value is -1.69. The van der Waals surface area contributed by atoms with E-state index in [-0.39, 0.29) is 0 Å². The van der Waals surface area contributed by atoms with Crippen molar-refractivity contribution in [3.63, 3.8) is 0 Å². The number of nitriles is 1. The number of nitrogens with one attached hydrogen (secondary N) is 1. The highest BCUT2D eigenvalue weighted by atomic mass is 16.5. The monoisotopic (exact) mass is 174 g/mol. The Bertz CT molecular complexity index is 354. The Balaban J connectivity index is 2.31. The van der Waals surface area contributed by atoms with Gasteiger partial charge in [0.05, 0.1) is 18.2 Å². The van der Waals surface area contributed by atoms with Gasteiger partial charge in [-0.3, -0.25) is 0 Å². The zero-order chi connectivity index (χ0) is 9.10. The lowest BCUT2D eigenvalue weighted by atomic mass is 10.1. The summed E-state index contributed by atoms with van der Waals surface area (Å²) < 4.78 is 5.44. The minimum Gasteiger partial charge on any atom is -0.490 e. The molecule has 0 saturated heterocycles. The topological polar surface area (TPSA) is 45.0 Å². The van der Waals surface area contributed by atoms with Crippen LogP contribution < -0.4 is 10.1 Å². The van der Waals surface area contributed by atoms with E-state index in [0.717, 1.165) is 23.5 Å². The van der Waals surface area contributed by atoms with Crippen LogP contribution in [0.5, 0.6) is 5.75 Å². The maximum absolute atomic E-state index is 8.52. The number of rotatable bonds is 1. The molecule has 0 amide bonds. The van der Waals surface area contributed by atoms with Crippen molar-refractivity contribution in [2.75, 3.05) is 18.5 Å². The van der Waals surface area contributed by atoms with Gasteiger partial charge >= 0.3 is 0 Å². The minimum absolute atomic E-state index is 0.441. The van der Waals surface area contributed by atoms with E-state index in [9.17, 15) is 0 Å². The molecule has 0 aliphatic carbocycles. The highest BCUT2D eigenvalue weighted by Crippen LogP contribution is 2.27. The van der Waals surface area contributed by atoms with Gasteiger partial charge in [0.15, 0.2) is 0 Å². The van der Waals surface area contributed by atoms with Gasteiger partial charge in [0.1, 0.15) is 12.4 Å². The molecule has 13 heavy (non-hydrogen) atoms. The summed E-state index contributed by atoms with van der Waals surface area (Å²) in [5.74, 6) is 0.860. The van der Waals surface area contributed by atoms with E-state index in [1.165, 1.54) is 0 Å². The molecule has 1 aliphatic heterocycles. The Morgan fingerprint density at radius 2 is 2.46 bits per heavy atom. The Labute approximate surface area is 76.9 Å². The molecule has 0 aromatic heterocycles. The molecule has 3 heteroatoms. The number of ether oxygens (including phenoxy) is 1. The van der Waals surface area contributed by atoms with Crippen LogP contribution in [0.25, 0.3) is 0 Å². The first-order valence-electron chi connectivity index (χ1n) is 4.27. The molecule has 2 rings (SSSR count). The normalized spacial score (nSPS) is 13.5. The molecule has 1 heterocycles. The van der Waals surface area contributed by atoms with Crippen LogP contribution in [-0.4, -0.2) is 13.2 Å². The van der Waals surface area contributed by atoms with Crippen molar-refractivity contribution in [2.24, 2.45) is 0 Å². The molecule has 0 saturated carbocycles. The first-order chi connectivity index (χ1) is 6.40. The molecule has 0 atom stereocenters. The highest BCUT2D eigenvalue weighted by molar-refractivity contribution is 5.59. The predicted octanol–water partition coefficient (Wildman–Crippen LogP) is 1.56. The first kappa shape index (κ1) is 7.93. The molecular formula is C10H10N2O. The fourth-order valence-electron chi connectivity index (χ4n) is 1.38. The SMILES string of the molecule is N#CCc1ccc2c(c1)OCCN2. The van der Waals surface area contributed by atoms with Gasteiger partial charge in [0, 0.05) is 6.54 Å². The smallest absolute Gasteiger partial charge is 0.142 e. The fraction of sp³-hybridized carbons (Fsp3) is 0.300. The van der Waals surface area contributed by atoms with Gasteiger partial charge in [0.2, 0.25) is 0 Å². The van der Waals surface area contributed by atoms with E-state index in [1.54, 1.807) is 0 Å². The maximum atomic E-state index is 8.52. The predicted molar refractivity (Wildman–Crippen MR) is 49.7 cm³/mol. The molecule has 0 spiro atoms. The van der Waals surface area contributed by atoms with Gasteiger partial charge in [-0.1, -0.05) is 6.07 Å². The summed E-state index contributed by atoms with van der Waals surface area (Å²) in [7, 11) is 0. The molecule has 1 aliphatic rings. The molecule has 66 valence electrons. The number of fused-ring (bicyclic) bond motifs is 1. The third-order valence-corrected chi connectivity index (χ3v) is 2.00. The second-order valence-corrected chi connectivity index (χ2v) is 2.94. The Morgan fingerprint density at radius 1 is 1.54 bits per heavy atom. The van der Waals surface area contributed by atoms with Crippen molar-refractivity contribution in [2.45, 2.75) is 6.42 Å². The van der Waals surface area contributed by atoms with E-state index in [0.29, 0.717) is 13.0 Å². The van der Waals surface area contributed by atoms with Gasteiger partial charge in [-0.05, 0) is 17.7 Å². The van der Waals surface area contributed by atoms with Crippen molar-refractivity contribution in [3.05, 3.63) is 23.8 Å². The van der Waals surface area contributed by atoms with E-state index < -0.39 is 0 Å². The summed E-state index contributed by atoms with van der Waals surface area (Å²) in [5, 5.41) is 11.7. The zero-order valence-electron chi connectivity index (χ0n) is 7.21. The summed E-state index contributed by atoms with van der Waals surface area (Å²) in [6.07, 6.45) is 0.441. The fourth-order valence-corrected chi connectivity index (χ4v) is 1.38. The van der Waals surface area contributed by atoms with Gasteiger partial charge in [-0.2, -0.15) is 5.26 Å². The first-order valence-corrected chi connectivity index (χ1v) is 4.27.